The Morgan fingerprint density at radius 3 is 2.48 bits per heavy atom. The Morgan fingerprint density at radius 2 is 1.81 bits per heavy atom. The van der Waals surface area contributed by atoms with Crippen molar-refractivity contribution >= 4 is 21.6 Å². The molecule has 0 bridgehead atoms. The summed E-state index contributed by atoms with van der Waals surface area (Å²) in [7, 11) is -2.02. The number of nitrogens with zero attached hydrogens (tertiary/aromatic N) is 3. The molecule has 3 rings (SSSR count). The molecule has 0 aliphatic heterocycles. The molecular weight excluding hydrogens is 386 g/mol. The van der Waals surface area contributed by atoms with Gasteiger partial charge in [-0.1, -0.05) is 34.5 Å². The summed E-state index contributed by atoms with van der Waals surface area (Å²) in [4.78, 5) is 4.63. The molecule has 0 fully saturated rings. The van der Waals surface area contributed by atoms with E-state index in [4.69, 9.17) is 16.1 Å². The summed E-state index contributed by atoms with van der Waals surface area (Å²) in [6, 6.07) is 12.4. The number of hydrogen-bond donors (Lipinski definition) is 0. The standard InChI is InChI=1S/C19H20ClN3O3S/c1-13-4-9-17(14(2)12-13)27(24,25)23(3)11-10-18-21-19(26-22-18)15-5-7-16(20)8-6-15/h4-9,12H,10-11H2,1-3H3. The Kier molecular flexibility index (Phi) is 5.64. The van der Waals surface area contributed by atoms with Crippen LogP contribution in [-0.4, -0.2) is 36.5 Å². The Labute approximate surface area is 163 Å². The molecule has 142 valence electrons. The number of rotatable bonds is 6. The van der Waals surface area contributed by atoms with Gasteiger partial charge in [-0.15, -0.1) is 0 Å². The van der Waals surface area contributed by atoms with Crippen LogP contribution in [-0.2, 0) is 16.4 Å². The SMILES string of the molecule is Cc1ccc(S(=O)(=O)N(C)CCc2noc(-c3ccc(Cl)cc3)n2)c(C)c1. The fourth-order valence-corrected chi connectivity index (χ4v) is 4.20. The van der Waals surface area contributed by atoms with E-state index in [1.165, 1.54) is 4.31 Å². The van der Waals surface area contributed by atoms with Crippen molar-refractivity contribution in [2.45, 2.75) is 25.2 Å². The topological polar surface area (TPSA) is 76.3 Å². The first-order chi connectivity index (χ1) is 12.8. The number of hydrogen-bond acceptors (Lipinski definition) is 5. The predicted molar refractivity (Wildman–Crippen MR) is 104 cm³/mol. The molecule has 2 aromatic carbocycles. The molecule has 0 aliphatic rings. The van der Waals surface area contributed by atoms with Crippen molar-refractivity contribution in [1.29, 1.82) is 0 Å². The fraction of sp³-hybridized carbons (Fsp3) is 0.263. The number of likely N-dealkylation sites (N-methyl/N-ethyl adjacent to an activating group) is 1. The van der Waals surface area contributed by atoms with Crippen molar-refractivity contribution in [1.82, 2.24) is 14.4 Å². The molecule has 0 amide bonds. The Bertz CT molecular complexity index is 1050. The van der Waals surface area contributed by atoms with Gasteiger partial charge < -0.3 is 4.52 Å². The summed E-state index contributed by atoms with van der Waals surface area (Å²) >= 11 is 5.87. The van der Waals surface area contributed by atoms with Crippen LogP contribution in [0.15, 0.2) is 51.9 Å². The third-order valence-electron chi connectivity index (χ3n) is 4.23. The average molecular weight is 406 g/mol. The van der Waals surface area contributed by atoms with Crippen molar-refractivity contribution in [3.8, 4) is 11.5 Å². The van der Waals surface area contributed by atoms with E-state index >= 15 is 0 Å². The molecular formula is C19H20ClN3O3S. The second kappa shape index (κ2) is 7.80. The molecule has 6 nitrogen and oxygen atoms in total. The van der Waals surface area contributed by atoms with E-state index in [0.717, 1.165) is 16.7 Å². The molecule has 0 radical (unpaired) electrons. The minimum atomic E-state index is -3.57. The van der Waals surface area contributed by atoms with E-state index in [2.05, 4.69) is 10.1 Å². The highest BCUT2D eigenvalue weighted by Gasteiger charge is 2.23. The van der Waals surface area contributed by atoms with Crippen LogP contribution in [0.4, 0.5) is 0 Å². The Hall–Kier alpha value is -2.22. The normalized spacial score (nSPS) is 11.9. The third kappa shape index (κ3) is 4.37. The first-order valence-corrected chi connectivity index (χ1v) is 10.2. The van der Waals surface area contributed by atoms with Gasteiger partial charge in [0.15, 0.2) is 5.82 Å². The Balaban J connectivity index is 1.70. The quantitative estimate of drug-likeness (QED) is 0.622. The zero-order chi connectivity index (χ0) is 19.6. The number of sulfonamides is 1. The number of halogens is 1. The van der Waals surface area contributed by atoms with E-state index in [-0.39, 0.29) is 6.54 Å². The summed E-state index contributed by atoms with van der Waals surface area (Å²) in [5.41, 5.74) is 2.51. The van der Waals surface area contributed by atoms with Crippen LogP contribution >= 0.6 is 11.6 Å². The molecule has 0 aliphatic carbocycles. The van der Waals surface area contributed by atoms with Gasteiger partial charge in [-0.2, -0.15) is 4.98 Å². The summed E-state index contributed by atoms with van der Waals surface area (Å²) in [6.07, 6.45) is 0.345. The van der Waals surface area contributed by atoms with Gasteiger partial charge in [0.2, 0.25) is 10.0 Å². The second-order valence-corrected chi connectivity index (χ2v) is 8.82. The minimum absolute atomic E-state index is 0.245. The number of benzene rings is 2. The third-order valence-corrected chi connectivity index (χ3v) is 6.50. The van der Waals surface area contributed by atoms with Crippen LogP contribution in [0.2, 0.25) is 5.02 Å². The van der Waals surface area contributed by atoms with Gasteiger partial charge in [0.05, 0.1) is 4.90 Å². The van der Waals surface area contributed by atoms with Crippen molar-refractivity contribution in [2.24, 2.45) is 0 Å². The molecule has 0 unspecified atom stereocenters. The molecule has 0 spiro atoms. The highest BCUT2D eigenvalue weighted by molar-refractivity contribution is 7.89. The number of aromatic nitrogens is 2. The first kappa shape index (κ1) is 19.5. The fourth-order valence-electron chi connectivity index (χ4n) is 2.70. The van der Waals surface area contributed by atoms with Crippen LogP contribution in [0.25, 0.3) is 11.5 Å². The van der Waals surface area contributed by atoms with Gasteiger partial charge in [-0.3, -0.25) is 0 Å². The predicted octanol–water partition coefficient (Wildman–Crippen LogP) is 3.87. The molecule has 3 aromatic rings. The van der Waals surface area contributed by atoms with E-state index in [1.54, 1.807) is 50.4 Å². The van der Waals surface area contributed by atoms with Gasteiger partial charge in [0.25, 0.3) is 5.89 Å². The van der Waals surface area contributed by atoms with Crippen molar-refractivity contribution in [2.75, 3.05) is 13.6 Å². The van der Waals surface area contributed by atoms with Crippen LogP contribution in [0.1, 0.15) is 17.0 Å². The lowest BCUT2D eigenvalue weighted by molar-refractivity contribution is 0.415. The molecule has 27 heavy (non-hydrogen) atoms. The summed E-state index contributed by atoms with van der Waals surface area (Å²) in [5.74, 6) is 0.823. The lowest BCUT2D eigenvalue weighted by Crippen LogP contribution is -2.29. The molecule has 0 atom stereocenters. The van der Waals surface area contributed by atoms with Crippen LogP contribution in [0, 0.1) is 13.8 Å². The summed E-state index contributed by atoms with van der Waals surface area (Å²) in [6.45, 7) is 3.97. The second-order valence-electron chi connectivity index (χ2n) is 6.37. The molecule has 8 heteroatoms. The van der Waals surface area contributed by atoms with Crippen molar-refractivity contribution in [3.05, 3.63) is 64.4 Å². The summed E-state index contributed by atoms with van der Waals surface area (Å²) < 4.78 is 32.1. The van der Waals surface area contributed by atoms with E-state index < -0.39 is 10.0 Å². The molecule has 0 saturated heterocycles. The highest BCUT2D eigenvalue weighted by Crippen LogP contribution is 2.22. The first-order valence-electron chi connectivity index (χ1n) is 8.39. The largest absolute Gasteiger partial charge is 0.334 e. The van der Waals surface area contributed by atoms with Gasteiger partial charge in [-0.05, 0) is 49.7 Å². The maximum Gasteiger partial charge on any atom is 0.257 e. The zero-order valence-corrected chi connectivity index (χ0v) is 16.9. The zero-order valence-electron chi connectivity index (χ0n) is 15.3. The molecule has 0 N–H and O–H groups in total. The van der Waals surface area contributed by atoms with Gasteiger partial charge in [0, 0.05) is 30.6 Å². The Morgan fingerprint density at radius 1 is 1.11 bits per heavy atom. The minimum Gasteiger partial charge on any atom is -0.334 e. The highest BCUT2D eigenvalue weighted by atomic mass is 35.5. The van der Waals surface area contributed by atoms with Crippen LogP contribution < -0.4 is 0 Å². The summed E-state index contributed by atoms with van der Waals surface area (Å²) in [5, 5.41) is 4.55. The molecule has 1 heterocycles. The van der Waals surface area contributed by atoms with Crippen molar-refractivity contribution in [3.63, 3.8) is 0 Å². The van der Waals surface area contributed by atoms with Gasteiger partial charge in [-0.25, -0.2) is 12.7 Å². The van der Waals surface area contributed by atoms with Gasteiger partial charge >= 0.3 is 0 Å². The number of aryl methyl sites for hydroxylation is 2. The van der Waals surface area contributed by atoms with Crippen molar-refractivity contribution < 1.29 is 12.9 Å². The van der Waals surface area contributed by atoms with Crippen LogP contribution in [0.5, 0.6) is 0 Å². The lowest BCUT2D eigenvalue weighted by Gasteiger charge is -2.18. The average Bonchev–Trinajstić information content (AvgIpc) is 3.09. The van der Waals surface area contributed by atoms with E-state index in [1.807, 2.05) is 13.0 Å². The monoisotopic (exact) mass is 405 g/mol. The maximum absolute atomic E-state index is 12.8. The molecule has 1 aromatic heterocycles. The lowest BCUT2D eigenvalue weighted by atomic mass is 10.2. The smallest absolute Gasteiger partial charge is 0.257 e. The van der Waals surface area contributed by atoms with E-state index in [9.17, 15) is 8.42 Å². The maximum atomic E-state index is 12.8. The van der Waals surface area contributed by atoms with Gasteiger partial charge in [0.1, 0.15) is 0 Å². The van der Waals surface area contributed by atoms with E-state index in [0.29, 0.717) is 28.1 Å². The molecule has 0 saturated carbocycles. The van der Waals surface area contributed by atoms with Crippen LogP contribution in [0.3, 0.4) is 0 Å².